The quantitative estimate of drug-likeness (QED) is 0.910. The van der Waals surface area contributed by atoms with Crippen LogP contribution in [0.15, 0.2) is 36.4 Å². The van der Waals surface area contributed by atoms with Gasteiger partial charge in [0.25, 0.3) is 5.91 Å². The van der Waals surface area contributed by atoms with Crippen LogP contribution >= 0.6 is 0 Å². The summed E-state index contributed by atoms with van der Waals surface area (Å²) < 4.78 is 13.8. The summed E-state index contributed by atoms with van der Waals surface area (Å²) >= 11 is 0. The second kappa shape index (κ2) is 5.21. The zero-order chi connectivity index (χ0) is 14.1. The second-order valence-corrected chi connectivity index (χ2v) is 5.20. The van der Waals surface area contributed by atoms with E-state index in [9.17, 15) is 9.18 Å². The molecule has 0 radical (unpaired) electrons. The highest BCUT2D eigenvalue weighted by atomic mass is 19.1. The number of hydrogen-bond donors (Lipinski definition) is 1. The van der Waals surface area contributed by atoms with Crippen LogP contribution in [0, 0.1) is 5.82 Å². The molecule has 1 N–H and O–H groups in total. The zero-order valence-corrected chi connectivity index (χ0v) is 11.4. The Balaban J connectivity index is 2.01. The van der Waals surface area contributed by atoms with E-state index in [-0.39, 0.29) is 17.8 Å². The van der Waals surface area contributed by atoms with E-state index in [1.54, 1.807) is 29.2 Å². The van der Waals surface area contributed by atoms with Crippen molar-refractivity contribution in [2.75, 3.05) is 20.1 Å². The van der Waals surface area contributed by atoms with Gasteiger partial charge in [0.05, 0.1) is 0 Å². The van der Waals surface area contributed by atoms with Gasteiger partial charge in [-0.25, -0.2) is 4.39 Å². The zero-order valence-electron chi connectivity index (χ0n) is 11.4. The van der Waals surface area contributed by atoms with E-state index in [1.165, 1.54) is 6.07 Å². The molecule has 1 saturated heterocycles. The van der Waals surface area contributed by atoms with Gasteiger partial charge in [-0.2, -0.15) is 0 Å². The molecule has 104 valence electrons. The van der Waals surface area contributed by atoms with Crippen molar-refractivity contribution in [2.24, 2.45) is 0 Å². The average molecular weight is 272 g/mol. The SMILES string of the molecule is CN(C(=O)c1ccc(F)c2ccccc12)C1CCNC1. The van der Waals surface area contributed by atoms with Gasteiger partial charge in [-0.15, -0.1) is 0 Å². The molecule has 0 aromatic heterocycles. The minimum Gasteiger partial charge on any atom is -0.337 e. The number of carbonyl (C=O) groups is 1. The number of benzene rings is 2. The molecule has 1 aliphatic rings. The maximum atomic E-state index is 13.8. The number of nitrogens with zero attached hydrogens (tertiary/aromatic N) is 1. The van der Waals surface area contributed by atoms with Crippen molar-refractivity contribution in [3.8, 4) is 0 Å². The molecule has 1 amide bonds. The van der Waals surface area contributed by atoms with Gasteiger partial charge in [0, 0.05) is 30.6 Å². The average Bonchev–Trinajstić information content (AvgIpc) is 3.01. The molecule has 1 aliphatic heterocycles. The lowest BCUT2D eigenvalue weighted by atomic mass is 10.0. The number of fused-ring (bicyclic) bond motifs is 1. The standard InChI is InChI=1S/C16H17FN2O/c1-19(11-8-9-18-10-11)16(20)14-6-7-15(17)13-5-3-2-4-12(13)14/h2-7,11,18H,8-10H2,1H3. The predicted molar refractivity (Wildman–Crippen MR) is 77.3 cm³/mol. The first-order valence-electron chi connectivity index (χ1n) is 6.83. The van der Waals surface area contributed by atoms with Crippen molar-refractivity contribution in [3.63, 3.8) is 0 Å². The minimum atomic E-state index is -0.290. The van der Waals surface area contributed by atoms with Crippen LogP contribution in [-0.2, 0) is 0 Å². The van der Waals surface area contributed by atoms with Gasteiger partial charge in [-0.05, 0) is 30.5 Å². The van der Waals surface area contributed by atoms with Crippen molar-refractivity contribution < 1.29 is 9.18 Å². The molecule has 0 bridgehead atoms. The van der Waals surface area contributed by atoms with Crippen molar-refractivity contribution in [3.05, 3.63) is 47.8 Å². The highest BCUT2D eigenvalue weighted by molar-refractivity contribution is 6.07. The molecular formula is C16H17FN2O. The Kier molecular flexibility index (Phi) is 3.40. The normalized spacial score (nSPS) is 18.4. The lowest BCUT2D eigenvalue weighted by Crippen LogP contribution is -2.38. The van der Waals surface area contributed by atoms with E-state index >= 15 is 0 Å². The molecule has 4 heteroatoms. The molecule has 1 heterocycles. The van der Waals surface area contributed by atoms with Crippen molar-refractivity contribution in [2.45, 2.75) is 12.5 Å². The van der Waals surface area contributed by atoms with Crippen LogP contribution in [0.25, 0.3) is 10.8 Å². The number of rotatable bonds is 2. The maximum absolute atomic E-state index is 13.8. The Morgan fingerprint density at radius 3 is 2.70 bits per heavy atom. The summed E-state index contributed by atoms with van der Waals surface area (Å²) in [5.74, 6) is -0.336. The Labute approximate surface area is 117 Å². The summed E-state index contributed by atoms with van der Waals surface area (Å²) in [5.41, 5.74) is 0.566. The third-order valence-electron chi connectivity index (χ3n) is 4.00. The van der Waals surface area contributed by atoms with Crippen LogP contribution in [-0.4, -0.2) is 37.0 Å². The maximum Gasteiger partial charge on any atom is 0.254 e. The Morgan fingerprint density at radius 2 is 2.00 bits per heavy atom. The van der Waals surface area contributed by atoms with Gasteiger partial charge in [0.1, 0.15) is 5.82 Å². The predicted octanol–water partition coefficient (Wildman–Crippen LogP) is 2.41. The van der Waals surface area contributed by atoms with Gasteiger partial charge in [-0.1, -0.05) is 24.3 Å². The van der Waals surface area contributed by atoms with Crippen molar-refractivity contribution >= 4 is 16.7 Å². The molecule has 3 nitrogen and oxygen atoms in total. The van der Waals surface area contributed by atoms with Crippen LogP contribution in [0.4, 0.5) is 4.39 Å². The first-order valence-corrected chi connectivity index (χ1v) is 6.83. The summed E-state index contributed by atoms with van der Waals surface area (Å²) in [6.07, 6.45) is 0.960. The summed E-state index contributed by atoms with van der Waals surface area (Å²) in [6.45, 7) is 1.76. The minimum absolute atomic E-state index is 0.0464. The highest BCUT2D eigenvalue weighted by Gasteiger charge is 2.25. The van der Waals surface area contributed by atoms with Gasteiger partial charge < -0.3 is 10.2 Å². The lowest BCUT2D eigenvalue weighted by molar-refractivity contribution is 0.0746. The molecule has 2 aromatic rings. The summed E-state index contributed by atoms with van der Waals surface area (Å²) in [7, 11) is 1.82. The number of hydrogen-bond acceptors (Lipinski definition) is 2. The van der Waals surface area contributed by atoms with Gasteiger partial charge >= 0.3 is 0 Å². The third kappa shape index (κ3) is 2.16. The third-order valence-corrected chi connectivity index (χ3v) is 4.00. The van der Waals surface area contributed by atoms with E-state index in [2.05, 4.69) is 5.32 Å². The first-order chi connectivity index (χ1) is 9.68. The monoisotopic (exact) mass is 272 g/mol. The first kappa shape index (κ1) is 13.1. The fraction of sp³-hybridized carbons (Fsp3) is 0.312. The number of amides is 1. The van der Waals surface area contributed by atoms with Crippen LogP contribution in [0.3, 0.4) is 0 Å². The molecule has 0 aliphatic carbocycles. The Hall–Kier alpha value is -1.94. The van der Waals surface area contributed by atoms with E-state index in [1.807, 2.05) is 13.1 Å². The lowest BCUT2D eigenvalue weighted by Gasteiger charge is -2.24. The molecular weight excluding hydrogens is 255 g/mol. The molecule has 0 spiro atoms. The Bertz CT molecular complexity index is 650. The summed E-state index contributed by atoms with van der Waals surface area (Å²) in [5, 5.41) is 4.42. The van der Waals surface area contributed by atoms with Gasteiger partial charge in [-0.3, -0.25) is 4.79 Å². The van der Waals surface area contributed by atoms with E-state index in [0.717, 1.165) is 19.5 Å². The van der Waals surface area contributed by atoms with Crippen molar-refractivity contribution in [1.82, 2.24) is 10.2 Å². The number of nitrogens with one attached hydrogen (secondary N) is 1. The molecule has 20 heavy (non-hydrogen) atoms. The van der Waals surface area contributed by atoms with Crippen LogP contribution in [0.1, 0.15) is 16.8 Å². The molecule has 1 atom stereocenters. The van der Waals surface area contributed by atoms with Gasteiger partial charge in [0.15, 0.2) is 0 Å². The van der Waals surface area contributed by atoms with E-state index < -0.39 is 0 Å². The Morgan fingerprint density at radius 1 is 1.25 bits per heavy atom. The topological polar surface area (TPSA) is 32.3 Å². The largest absolute Gasteiger partial charge is 0.337 e. The second-order valence-electron chi connectivity index (χ2n) is 5.20. The molecule has 2 aromatic carbocycles. The number of carbonyl (C=O) groups excluding carboxylic acids is 1. The summed E-state index contributed by atoms with van der Waals surface area (Å²) in [4.78, 5) is 14.4. The molecule has 0 saturated carbocycles. The fourth-order valence-electron chi connectivity index (χ4n) is 2.77. The molecule has 3 rings (SSSR count). The van der Waals surface area contributed by atoms with Crippen LogP contribution < -0.4 is 5.32 Å². The van der Waals surface area contributed by atoms with E-state index in [4.69, 9.17) is 0 Å². The van der Waals surface area contributed by atoms with E-state index in [0.29, 0.717) is 16.3 Å². The summed E-state index contributed by atoms with van der Waals surface area (Å²) in [6, 6.07) is 10.3. The number of halogens is 1. The number of likely N-dealkylation sites (N-methyl/N-ethyl adjacent to an activating group) is 1. The van der Waals surface area contributed by atoms with Crippen molar-refractivity contribution in [1.29, 1.82) is 0 Å². The highest BCUT2D eigenvalue weighted by Crippen LogP contribution is 2.23. The molecule has 1 unspecified atom stereocenters. The van der Waals surface area contributed by atoms with Gasteiger partial charge in [0.2, 0.25) is 0 Å². The smallest absolute Gasteiger partial charge is 0.254 e. The molecule has 1 fully saturated rings. The van der Waals surface area contributed by atoms with Crippen LogP contribution in [0.2, 0.25) is 0 Å². The van der Waals surface area contributed by atoms with Crippen LogP contribution in [0.5, 0.6) is 0 Å². The fourth-order valence-corrected chi connectivity index (χ4v) is 2.77.